The first-order chi connectivity index (χ1) is 17.3. The Hall–Kier alpha value is -3.05. The Labute approximate surface area is 210 Å². The van der Waals surface area contributed by atoms with Gasteiger partial charge in [-0.25, -0.2) is 4.98 Å². The highest BCUT2D eigenvalue weighted by atomic mass is 32.1. The SMILES string of the molecule is CC(NC(=O)c1cc(O[C@H]2CCOC2)cc(-c2ncc(C3CCC3)s2)c1)c1ccc(C(F)(F)F)nn1. The molecule has 3 aromatic rings. The van der Waals surface area contributed by atoms with Crippen LogP contribution in [0.4, 0.5) is 13.2 Å². The molecule has 36 heavy (non-hydrogen) atoms. The number of hydrogen-bond acceptors (Lipinski definition) is 7. The topological polar surface area (TPSA) is 86.2 Å². The summed E-state index contributed by atoms with van der Waals surface area (Å²) >= 11 is 1.62. The van der Waals surface area contributed by atoms with E-state index in [-0.39, 0.29) is 11.8 Å². The van der Waals surface area contributed by atoms with Gasteiger partial charge in [-0.2, -0.15) is 18.3 Å². The maximum atomic E-state index is 13.2. The van der Waals surface area contributed by atoms with Crippen molar-refractivity contribution in [1.82, 2.24) is 20.5 Å². The van der Waals surface area contributed by atoms with Crippen molar-refractivity contribution < 1.29 is 27.4 Å². The van der Waals surface area contributed by atoms with Crippen LogP contribution in [0.25, 0.3) is 10.6 Å². The van der Waals surface area contributed by atoms with E-state index >= 15 is 0 Å². The number of amides is 1. The van der Waals surface area contributed by atoms with Crippen LogP contribution in [-0.4, -0.2) is 40.4 Å². The second-order valence-electron chi connectivity index (χ2n) is 9.08. The zero-order valence-electron chi connectivity index (χ0n) is 19.5. The summed E-state index contributed by atoms with van der Waals surface area (Å²) in [6, 6.07) is 6.69. The summed E-state index contributed by atoms with van der Waals surface area (Å²) in [5, 5.41) is 10.5. The Morgan fingerprint density at radius 3 is 2.67 bits per heavy atom. The van der Waals surface area contributed by atoms with E-state index in [0.717, 1.165) is 23.1 Å². The Bertz CT molecular complexity index is 1220. The molecule has 1 aliphatic carbocycles. The van der Waals surface area contributed by atoms with Gasteiger partial charge in [0.25, 0.3) is 5.91 Å². The summed E-state index contributed by atoms with van der Waals surface area (Å²) in [6.07, 6.45) is 1.57. The fourth-order valence-corrected chi connectivity index (χ4v) is 5.17. The predicted octanol–water partition coefficient (Wildman–Crippen LogP) is 5.55. The molecular weight excluding hydrogens is 493 g/mol. The van der Waals surface area contributed by atoms with E-state index in [1.54, 1.807) is 30.4 Å². The molecule has 0 bridgehead atoms. The lowest BCUT2D eigenvalue weighted by Gasteiger charge is -2.23. The van der Waals surface area contributed by atoms with E-state index in [0.29, 0.717) is 30.4 Å². The molecule has 2 aromatic heterocycles. The Kier molecular flexibility index (Phi) is 6.94. The van der Waals surface area contributed by atoms with Crippen molar-refractivity contribution >= 4 is 17.2 Å². The number of hydrogen-bond donors (Lipinski definition) is 1. The van der Waals surface area contributed by atoms with Gasteiger partial charge in [-0.15, -0.1) is 16.4 Å². The number of rotatable bonds is 7. The molecule has 0 radical (unpaired) electrons. The molecule has 2 aliphatic rings. The van der Waals surface area contributed by atoms with Crippen molar-refractivity contribution in [3.05, 3.63) is 58.4 Å². The molecule has 190 valence electrons. The van der Waals surface area contributed by atoms with Crippen LogP contribution in [0.3, 0.4) is 0 Å². The summed E-state index contributed by atoms with van der Waals surface area (Å²) in [4.78, 5) is 19.0. The number of benzene rings is 1. The summed E-state index contributed by atoms with van der Waals surface area (Å²) in [5.74, 6) is 0.685. The number of nitrogens with one attached hydrogen (secondary N) is 1. The molecule has 0 spiro atoms. The smallest absolute Gasteiger partial charge is 0.435 e. The fraction of sp³-hybridized carbons (Fsp3) is 0.440. The maximum absolute atomic E-state index is 13.2. The summed E-state index contributed by atoms with van der Waals surface area (Å²) in [5.41, 5.74) is 0.264. The van der Waals surface area contributed by atoms with E-state index in [4.69, 9.17) is 9.47 Å². The second-order valence-corrected chi connectivity index (χ2v) is 10.1. The molecule has 11 heteroatoms. The van der Waals surface area contributed by atoms with Gasteiger partial charge in [0.1, 0.15) is 16.9 Å². The van der Waals surface area contributed by atoms with E-state index in [2.05, 4.69) is 20.5 Å². The first-order valence-electron chi connectivity index (χ1n) is 11.8. The van der Waals surface area contributed by atoms with Crippen LogP contribution in [0.15, 0.2) is 36.5 Å². The highest BCUT2D eigenvalue weighted by molar-refractivity contribution is 7.15. The standard InChI is InChI=1S/C25H25F3N4O3S/c1-14(20-5-6-22(32-31-20)25(26,27)28)30-23(33)16-9-17(11-19(10-16)35-18-7-8-34-13-18)24-29-12-21(36-24)15-3-2-4-15/h5-6,9-12,14-15,18H,2-4,7-8,13H2,1H3,(H,30,33)/t14?,18-/m0/s1. The minimum Gasteiger partial charge on any atom is -0.488 e. The van der Waals surface area contributed by atoms with Crippen LogP contribution < -0.4 is 10.1 Å². The van der Waals surface area contributed by atoms with Crippen molar-refractivity contribution in [2.45, 2.75) is 56.8 Å². The number of nitrogens with zero attached hydrogens (tertiary/aromatic N) is 3. The number of carbonyl (C=O) groups is 1. The van der Waals surface area contributed by atoms with Gasteiger partial charge in [0.15, 0.2) is 5.69 Å². The first-order valence-corrected chi connectivity index (χ1v) is 12.6. The molecule has 1 saturated heterocycles. The van der Waals surface area contributed by atoms with Crippen molar-refractivity contribution in [1.29, 1.82) is 0 Å². The average molecular weight is 519 g/mol. The lowest BCUT2D eigenvalue weighted by molar-refractivity contribution is -0.141. The third kappa shape index (κ3) is 5.52. The van der Waals surface area contributed by atoms with Gasteiger partial charge in [0.05, 0.1) is 24.9 Å². The summed E-state index contributed by atoms with van der Waals surface area (Å²) in [6.45, 7) is 2.75. The van der Waals surface area contributed by atoms with E-state index < -0.39 is 23.8 Å². The molecule has 1 amide bonds. The second kappa shape index (κ2) is 10.1. The molecule has 1 aromatic carbocycles. The lowest BCUT2D eigenvalue weighted by Crippen LogP contribution is -2.28. The molecule has 3 heterocycles. The van der Waals surface area contributed by atoms with Crippen molar-refractivity contribution in [3.63, 3.8) is 0 Å². The van der Waals surface area contributed by atoms with Gasteiger partial charge in [0.2, 0.25) is 0 Å². The van der Waals surface area contributed by atoms with Gasteiger partial charge >= 0.3 is 6.18 Å². The van der Waals surface area contributed by atoms with Crippen molar-refractivity contribution in [3.8, 4) is 16.3 Å². The number of ether oxygens (including phenoxy) is 2. The van der Waals surface area contributed by atoms with Crippen LogP contribution in [0.1, 0.15) is 71.2 Å². The summed E-state index contributed by atoms with van der Waals surface area (Å²) in [7, 11) is 0. The van der Waals surface area contributed by atoms with Crippen molar-refractivity contribution in [2.24, 2.45) is 0 Å². The highest BCUT2D eigenvalue weighted by Gasteiger charge is 2.33. The minimum atomic E-state index is -4.58. The molecular formula is C25H25F3N4O3S. The molecule has 1 N–H and O–H groups in total. The van der Waals surface area contributed by atoms with Gasteiger partial charge in [-0.05, 0) is 56.0 Å². The van der Waals surface area contributed by atoms with Gasteiger partial charge in [0, 0.05) is 28.6 Å². The third-order valence-electron chi connectivity index (χ3n) is 6.40. The number of thiazole rings is 1. The molecule has 1 saturated carbocycles. The molecule has 2 fully saturated rings. The van der Waals surface area contributed by atoms with Crippen LogP contribution in [0.2, 0.25) is 0 Å². The Morgan fingerprint density at radius 2 is 2.03 bits per heavy atom. The molecule has 1 aliphatic heterocycles. The number of halogens is 3. The zero-order chi connectivity index (χ0) is 25.3. The van der Waals surface area contributed by atoms with E-state index in [9.17, 15) is 18.0 Å². The third-order valence-corrected chi connectivity index (χ3v) is 7.61. The zero-order valence-corrected chi connectivity index (χ0v) is 20.4. The minimum absolute atomic E-state index is 0.0978. The van der Waals surface area contributed by atoms with Crippen LogP contribution >= 0.6 is 11.3 Å². The van der Waals surface area contributed by atoms with Gasteiger partial charge in [-0.3, -0.25) is 4.79 Å². The normalized spacial score (nSPS) is 19.1. The monoisotopic (exact) mass is 518 g/mol. The Balaban J connectivity index is 1.37. The van der Waals surface area contributed by atoms with Gasteiger partial charge in [-0.1, -0.05) is 6.42 Å². The van der Waals surface area contributed by atoms with Gasteiger partial charge < -0.3 is 14.8 Å². The highest BCUT2D eigenvalue weighted by Crippen LogP contribution is 2.41. The predicted molar refractivity (Wildman–Crippen MR) is 127 cm³/mol. The van der Waals surface area contributed by atoms with Crippen molar-refractivity contribution in [2.75, 3.05) is 13.2 Å². The fourth-order valence-electron chi connectivity index (χ4n) is 4.10. The lowest BCUT2D eigenvalue weighted by atomic mass is 9.85. The number of carbonyl (C=O) groups excluding carboxylic acids is 1. The van der Waals surface area contributed by atoms with Crippen LogP contribution in [0, 0.1) is 0 Å². The van der Waals surface area contributed by atoms with Crippen LogP contribution in [0.5, 0.6) is 5.75 Å². The molecule has 5 rings (SSSR count). The Morgan fingerprint density at radius 1 is 1.19 bits per heavy atom. The first kappa shape index (κ1) is 24.6. The van der Waals surface area contributed by atoms with E-state index in [1.165, 1.54) is 30.2 Å². The summed E-state index contributed by atoms with van der Waals surface area (Å²) < 4.78 is 49.9. The quantitative estimate of drug-likeness (QED) is 0.442. The molecule has 1 unspecified atom stereocenters. The average Bonchev–Trinajstić information content (AvgIpc) is 3.50. The number of aromatic nitrogens is 3. The van der Waals surface area contributed by atoms with E-state index in [1.807, 2.05) is 12.3 Å². The maximum Gasteiger partial charge on any atom is 0.435 e. The molecule has 7 nitrogen and oxygen atoms in total. The largest absolute Gasteiger partial charge is 0.488 e. The number of alkyl halides is 3. The van der Waals surface area contributed by atoms with Crippen LogP contribution in [-0.2, 0) is 10.9 Å². The molecule has 2 atom stereocenters.